The molecule has 28 heavy (non-hydrogen) atoms. The summed E-state index contributed by atoms with van der Waals surface area (Å²) in [6.45, 7) is 2.66. The van der Waals surface area contributed by atoms with E-state index in [4.69, 9.17) is 5.26 Å². The van der Waals surface area contributed by atoms with E-state index < -0.39 is 5.92 Å². The quantitative estimate of drug-likeness (QED) is 0.413. The van der Waals surface area contributed by atoms with Crippen LogP contribution in [0, 0.1) is 17.2 Å². The molecule has 0 aliphatic carbocycles. The number of likely N-dealkylation sites (tertiary alicyclic amines) is 1. The fraction of sp³-hybridized carbons (Fsp3) is 0.500. The van der Waals surface area contributed by atoms with Gasteiger partial charge in [0.1, 0.15) is 5.82 Å². The summed E-state index contributed by atoms with van der Waals surface area (Å²) in [6, 6.07) is 7.22. The third-order valence-electron chi connectivity index (χ3n) is 5.27. The van der Waals surface area contributed by atoms with E-state index in [9.17, 15) is 14.8 Å². The number of unbranched alkanes of at least 4 members (excludes halogenated alkanes) is 1. The number of rotatable bonds is 8. The summed E-state index contributed by atoms with van der Waals surface area (Å²) >= 11 is 0. The molecular formula is C20H25N5O3. The summed E-state index contributed by atoms with van der Waals surface area (Å²) in [5.74, 6) is 0.210. The van der Waals surface area contributed by atoms with Gasteiger partial charge < -0.3 is 9.88 Å². The van der Waals surface area contributed by atoms with Crippen LogP contribution in [0.25, 0.3) is 11.0 Å². The van der Waals surface area contributed by atoms with Gasteiger partial charge in [-0.1, -0.05) is 19.8 Å². The largest absolute Gasteiger partial charge is 0.340 e. The molecule has 8 nitrogen and oxygen atoms in total. The van der Waals surface area contributed by atoms with E-state index in [1.807, 2.05) is 11.8 Å². The molecular weight excluding hydrogens is 358 g/mol. The van der Waals surface area contributed by atoms with Crippen molar-refractivity contribution < 1.29 is 14.8 Å². The lowest BCUT2D eigenvalue weighted by Crippen LogP contribution is -2.40. The van der Waals surface area contributed by atoms with Crippen LogP contribution in [-0.2, 0) is 9.59 Å². The minimum Gasteiger partial charge on any atom is -0.340 e. The van der Waals surface area contributed by atoms with Crippen LogP contribution >= 0.6 is 0 Å². The van der Waals surface area contributed by atoms with Gasteiger partial charge >= 0.3 is 0 Å². The second-order valence-electron chi connectivity index (χ2n) is 7.22. The number of aromatic nitrogens is 2. The van der Waals surface area contributed by atoms with Crippen molar-refractivity contribution in [2.24, 2.45) is 5.92 Å². The molecule has 2 aromatic rings. The summed E-state index contributed by atoms with van der Waals surface area (Å²) in [6.07, 6.45) is 4.41. The molecule has 0 spiro atoms. The molecule has 2 heterocycles. The minimum absolute atomic E-state index is 0.00276. The van der Waals surface area contributed by atoms with Gasteiger partial charge in [0.25, 0.3) is 0 Å². The van der Waals surface area contributed by atoms with Gasteiger partial charge in [-0.15, -0.1) is 0 Å². The number of H-pyrrole nitrogens is 1. The lowest BCUT2D eigenvalue weighted by atomic mass is 9.99. The zero-order valence-electron chi connectivity index (χ0n) is 16.0. The fourth-order valence-corrected chi connectivity index (χ4v) is 3.82. The maximum absolute atomic E-state index is 13.2. The SMILES string of the molecule is CCCC[C@H](CN(O)C=O)C(=O)N1CCC[C@H]1c1nc2ccc(C#N)cc2[nH]1. The number of hydroxylamine groups is 2. The van der Waals surface area contributed by atoms with Crippen molar-refractivity contribution in [2.45, 2.75) is 45.1 Å². The molecule has 2 N–H and O–H groups in total. The highest BCUT2D eigenvalue weighted by Gasteiger charge is 2.35. The van der Waals surface area contributed by atoms with Gasteiger partial charge in [0, 0.05) is 6.54 Å². The van der Waals surface area contributed by atoms with Crippen LogP contribution in [0.15, 0.2) is 18.2 Å². The van der Waals surface area contributed by atoms with Crippen LogP contribution in [0.5, 0.6) is 0 Å². The number of imidazole rings is 1. The average Bonchev–Trinajstić information content (AvgIpc) is 3.36. The molecule has 1 aliphatic heterocycles. The van der Waals surface area contributed by atoms with E-state index in [0.717, 1.165) is 36.7 Å². The smallest absolute Gasteiger partial charge is 0.233 e. The highest BCUT2D eigenvalue weighted by molar-refractivity contribution is 5.81. The van der Waals surface area contributed by atoms with Gasteiger partial charge in [-0.3, -0.25) is 14.8 Å². The Morgan fingerprint density at radius 1 is 1.57 bits per heavy atom. The van der Waals surface area contributed by atoms with Gasteiger partial charge in [-0.25, -0.2) is 10.0 Å². The Bertz CT molecular complexity index is 888. The van der Waals surface area contributed by atoms with Crippen LogP contribution in [0.2, 0.25) is 0 Å². The summed E-state index contributed by atoms with van der Waals surface area (Å²) in [5.41, 5.74) is 2.09. The molecule has 1 saturated heterocycles. The summed E-state index contributed by atoms with van der Waals surface area (Å²) in [4.78, 5) is 33.7. The topological polar surface area (TPSA) is 113 Å². The molecule has 1 aromatic heterocycles. The number of carbonyl (C=O) groups excluding carboxylic acids is 2. The Labute approximate surface area is 163 Å². The average molecular weight is 383 g/mol. The minimum atomic E-state index is -0.440. The number of carbonyl (C=O) groups is 2. The van der Waals surface area contributed by atoms with E-state index >= 15 is 0 Å². The Balaban J connectivity index is 1.83. The fourth-order valence-electron chi connectivity index (χ4n) is 3.82. The van der Waals surface area contributed by atoms with Crippen LogP contribution in [0.4, 0.5) is 0 Å². The van der Waals surface area contributed by atoms with Crippen LogP contribution in [0.3, 0.4) is 0 Å². The number of aromatic amines is 1. The highest BCUT2D eigenvalue weighted by Crippen LogP contribution is 2.33. The van der Waals surface area contributed by atoms with Gasteiger partial charge in [0.05, 0.1) is 41.2 Å². The first-order valence-corrected chi connectivity index (χ1v) is 9.68. The van der Waals surface area contributed by atoms with E-state index in [-0.39, 0.29) is 18.5 Å². The van der Waals surface area contributed by atoms with E-state index in [1.165, 1.54) is 0 Å². The number of nitriles is 1. The summed E-state index contributed by atoms with van der Waals surface area (Å²) in [7, 11) is 0. The molecule has 3 rings (SSSR count). The Morgan fingerprint density at radius 2 is 2.39 bits per heavy atom. The van der Waals surface area contributed by atoms with Gasteiger partial charge in [-0.2, -0.15) is 5.26 Å². The zero-order valence-corrected chi connectivity index (χ0v) is 16.0. The highest BCUT2D eigenvalue weighted by atomic mass is 16.5. The van der Waals surface area contributed by atoms with Crippen LogP contribution < -0.4 is 0 Å². The van der Waals surface area contributed by atoms with Crippen molar-refractivity contribution in [1.29, 1.82) is 5.26 Å². The first kappa shape index (κ1) is 19.8. The predicted molar refractivity (Wildman–Crippen MR) is 102 cm³/mol. The van der Waals surface area contributed by atoms with Crippen molar-refractivity contribution >= 4 is 23.4 Å². The monoisotopic (exact) mass is 383 g/mol. The van der Waals surface area contributed by atoms with Crippen molar-refractivity contribution in [2.75, 3.05) is 13.1 Å². The number of fused-ring (bicyclic) bond motifs is 1. The molecule has 1 aliphatic rings. The van der Waals surface area contributed by atoms with Crippen molar-refractivity contribution in [3.8, 4) is 6.07 Å². The maximum atomic E-state index is 13.2. The normalized spacial score (nSPS) is 17.5. The lowest BCUT2D eigenvalue weighted by Gasteiger charge is -2.29. The van der Waals surface area contributed by atoms with Gasteiger partial charge in [0.2, 0.25) is 12.3 Å². The predicted octanol–water partition coefficient (Wildman–Crippen LogP) is 2.75. The second kappa shape index (κ2) is 8.85. The molecule has 8 heteroatoms. The third-order valence-corrected chi connectivity index (χ3v) is 5.27. The first-order valence-electron chi connectivity index (χ1n) is 9.68. The molecule has 0 saturated carbocycles. The van der Waals surface area contributed by atoms with E-state index in [0.29, 0.717) is 35.8 Å². The summed E-state index contributed by atoms with van der Waals surface area (Å²) in [5, 5.41) is 19.2. The second-order valence-corrected chi connectivity index (χ2v) is 7.22. The molecule has 2 amide bonds. The molecule has 0 bridgehead atoms. The first-order chi connectivity index (χ1) is 13.6. The van der Waals surface area contributed by atoms with Crippen molar-refractivity contribution in [3.63, 3.8) is 0 Å². The van der Waals surface area contributed by atoms with Crippen molar-refractivity contribution in [3.05, 3.63) is 29.6 Å². The zero-order chi connectivity index (χ0) is 20.1. The van der Waals surface area contributed by atoms with E-state index in [1.54, 1.807) is 18.2 Å². The maximum Gasteiger partial charge on any atom is 0.233 e. The molecule has 0 unspecified atom stereocenters. The molecule has 1 aromatic carbocycles. The van der Waals surface area contributed by atoms with Gasteiger partial charge in [-0.05, 0) is 37.5 Å². The Kier molecular flexibility index (Phi) is 6.26. The summed E-state index contributed by atoms with van der Waals surface area (Å²) < 4.78 is 0. The molecule has 148 valence electrons. The van der Waals surface area contributed by atoms with Crippen molar-refractivity contribution in [1.82, 2.24) is 19.9 Å². The van der Waals surface area contributed by atoms with E-state index in [2.05, 4.69) is 16.0 Å². The van der Waals surface area contributed by atoms with Gasteiger partial charge in [0.15, 0.2) is 0 Å². The molecule has 2 atom stereocenters. The number of benzene rings is 1. The molecule has 1 fully saturated rings. The number of hydrogen-bond donors (Lipinski definition) is 2. The Morgan fingerprint density at radius 3 is 3.11 bits per heavy atom. The lowest BCUT2D eigenvalue weighted by molar-refractivity contribution is -0.157. The standard InChI is InChI=1S/C20H25N5O3/c1-2-3-5-15(12-24(28)13-26)20(27)25-9-4-6-18(25)19-22-16-8-7-14(11-21)10-17(16)23-19/h7-8,10,13,15,18,28H,2-6,9,12H2,1H3,(H,22,23)/t15-,18+/m1/s1. The number of nitrogens with zero attached hydrogens (tertiary/aromatic N) is 4. The Hall–Kier alpha value is -2.92. The molecule has 0 radical (unpaired) electrons. The number of amides is 2. The number of nitrogens with one attached hydrogen (secondary N) is 1. The van der Waals surface area contributed by atoms with Crippen LogP contribution in [0.1, 0.15) is 56.5 Å². The third kappa shape index (κ3) is 4.15. The number of hydrogen-bond acceptors (Lipinski definition) is 5. The van der Waals surface area contributed by atoms with Crippen LogP contribution in [-0.4, -0.2) is 50.5 Å².